The SMILES string of the molecule is O=c1c2ccccc2nc2sc(COc3ccc4c(c3)CCC4)nn12. The van der Waals surface area contributed by atoms with Gasteiger partial charge in [-0.15, -0.1) is 0 Å². The molecule has 1 aliphatic carbocycles. The number of hydrogen-bond acceptors (Lipinski definition) is 5. The second-order valence-electron chi connectivity index (χ2n) is 6.20. The molecule has 2 aromatic carbocycles. The summed E-state index contributed by atoms with van der Waals surface area (Å²) in [5.41, 5.74) is 3.36. The Morgan fingerprint density at radius 3 is 2.96 bits per heavy atom. The maximum absolute atomic E-state index is 12.5. The summed E-state index contributed by atoms with van der Waals surface area (Å²) in [6, 6.07) is 13.6. The Hall–Kier alpha value is -2.73. The van der Waals surface area contributed by atoms with Crippen LogP contribution in [0.3, 0.4) is 0 Å². The lowest BCUT2D eigenvalue weighted by Crippen LogP contribution is -2.15. The van der Waals surface area contributed by atoms with E-state index in [1.54, 1.807) is 6.07 Å². The highest BCUT2D eigenvalue weighted by Gasteiger charge is 2.13. The normalized spacial score (nSPS) is 13.4. The molecule has 0 spiro atoms. The number of ether oxygens (including phenoxy) is 1. The van der Waals surface area contributed by atoms with Crippen LogP contribution in [0.1, 0.15) is 22.6 Å². The monoisotopic (exact) mass is 349 g/mol. The number of hydrogen-bond donors (Lipinski definition) is 0. The van der Waals surface area contributed by atoms with E-state index >= 15 is 0 Å². The number of rotatable bonds is 3. The molecule has 0 bridgehead atoms. The van der Waals surface area contributed by atoms with Gasteiger partial charge in [-0.1, -0.05) is 29.5 Å². The first-order valence-corrected chi connectivity index (χ1v) is 9.12. The van der Waals surface area contributed by atoms with Gasteiger partial charge in [0.25, 0.3) is 5.56 Å². The molecule has 0 unspecified atom stereocenters. The molecule has 0 aliphatic heterocycles. The molecule has 5 nitrogen and oxygen atoms in total. The number of para-hydroxylation sites is 1. The summed E-state index contributed by atoms with van der Waals surface area (Å²) in [6.07, 6.45) is 3.51. The van der Waals surface area contributed by atoms with Crippen molar-refractivity contribution in [3.63, 3.8) is 0 Å². The fourth-order valence-electron chi connectivity index (χ4n) is 3.34. The van der Waals surface area contributed by atoms with Crippen molar-refractivity contribution in [2.24, 2.45) is 0 Å². The van der Waals surface area contributed by atoms with Crippen LogP contribution in [0.15, 0.2) is 47.3 Å². The smallest absolute Gasteiger partial charge is 0.283 e. The lowest BCUT2D eigenvalue weighted by Gasteiger charge is -2.06. The predicted octanol–water partition coefficient (Wildman–Crippen LogP) is 3.37. The van der Waals surface area contributed by atoms with Crippen molar-refractivity contribution in [1.82, 2.24) is 14.6 Å². The zero-order valence-corrected chi connectivity index (χ0v) is 14.3. The Bertz CT molecular complexity index is 1160. The number of benzene rings is 2. The van der Waals surface area contributed by atoms with Crippen LogP contribution in [0.4, 0.5) is 0 Å². The number of nitrogens with zero attached hydrogens (tertiary/aromatic N) is 3. The van der Waals surface area contributed by atoms with Gasteiger partial charge in [0.1, 0.15) is 12.4 Å². The molecule has 6 heteroatoms. The largest absolute Gasteiger partial charge is 0.486 e. The van der Waals surface area contributed by atoms with Gasteiger partial charge in [-0.05, 0) is 54.7 Å². The third-order valence-corrected chi connectivity index (χ3v) is 5.46. The first-order chi connectivity index (χ1) is 12.3. The van der Waals surface area contributed by atoms with E-state index in [4.69, 9.17) is 4.74 Å². The molecule has 0 atom stereocenters. The highest BCUT2D eigenvalue weighted by atomic mass is 32.1. The molecule has 0 fully saturated rings. The maximum Gasteiger partial charge on any atom is 0.283 e. The molecule has 0 amide bonds. The molecular formula is C19H15N3O2S. The fraction of sp³-hybridized carbons (Fsp3) is 0.211. The Labute approximate surface area is 147 Å². The minimum absolute atomic E-state index is 0.138. The van der Waals surface area contributed by atoms with Crippen molar-refractivity contribution in [2.75, 3.05) is 0 Å². The first-order valence-electron chi connectivity index (χ1n) is 8.30. The Balaban J connectivity index is 1.46. The van der Waals surface area contributed by atoms with Crippen LogP contribution in [0.5, 0.6) is 5.75 Å². The molecule has 124 valence electrons. The molecule has 0 N–H and O–H groups in total. The quantitative estimate of drug-likeness (QED) is 0.569. The maximum atomic E-state index is 12.5. The molecule has 0 radical (unpaired) electrons. The molecule has 2 heterocycles. The van der Waals surface area contributed by atoms with E-state index in [1.165, 1.54) is 33.4 Å². The molecular weight excluding hydrogens is 334 g/mol. The number of fused-ring (bicyclic) bond motifs is 3. The Morgan fingerprint density at radius 1 is 1.12 bits per heavy atom. The average molecular weight is 349 g/mol. The zero-order chi connectivity index (χ0) is 16.8. The molecule has 2 aromatic heterocycles. The molecule has 0 saturated carbocycles. The number of aromatic nitrogens is 3. The van der Waals surface area contributed by atoms with Gasteiger partial charge in [-0.25, -0.2) is 4.98 Å². The van der Waals surface area contributed by atoms with Crippen molar-refractivity contribution in [3.05, 3.63) is 69.0 Å². The molecule has 25 heavy (non-hydrogen) atoms. The topological polar surface area (TPSA) is 56.5 Å². The molecule has 5 rings (SSSR count). The van der Waals surface area contributed by atoms with E-state index < -0.39 is 0 Å². The minimum Gasteiger partial charge on any atom is -0.486 e. The van der Waals surface area contributed by atoms with Crippen LogP contribution in [0.2, 0.25) is 0 Å². The van der Waals surface area contributed by atoms with Gasteiger partial charge in [0.15, 0.2) is 5.01 Å². The summed E-state index contributed by atoms with van der Waals surface area (Å²) in [5, 5.41) is 5.70. The van der Waals surface area contributed by atoms with Crippen LogP contribution in [0, 0.1) is 0 Å². The second-order valence-corrected chi connectivity index (χ2v) is 7.24. The molecule has 4 aromatic rings. The standard InChI is InChI=1S/C19H15N3O2S/c23-18-15-6-1-2-7-16(15)20-19-22(18)21-17(25-19)11-24-14-9-8-12-4-3-5-13(12)10-14/h1-2,6-10H,3-5,11H2. The summed E-state index contributed by atoms with van der Waals surface area (Å²) in [5.74, 6) is 0.852. The number of aryl methyl sites for hydroxylation is 2. The highest BCUT2D eigenvalue weighted by Crippen LogP contribution is 2.26. The van der Waals surface area contributed by atoms with E-state index in [9.17, 15) is 4.79 Å². The van der Waals surface area contributed by atoms with E-state index in [1.807, 2.05) is 24.3 Å². The lowest BCUT2D eigenvalue weighted by molar-refractivity contribution is 0.303. The minimum atomic E-state index is -0.138. The summed E-state index contributed by atoms with van der Waals surface area (Å²) in [7, 11) is 0. The van der Waals surface area contributed by atoms with Gasteiger partial charge in [0.05, 0.1) is 10.9 Å². The van der Waals surface area contributed by atoms with Gasteiger partial charge >= 0.3 is 0 Å². The van der Waals surface area contributed by atoms with Crippen LogP contribution >= 0.6 is 11.3 Å². The summed E-state index contributed by atoms with van der Waals surface area (Å²) >= 11 is 1.39. The van der Waals surface area contributed by atoms with E-state index in [0.717, 1.165) is 23.6 Å². The fourth-order valence-corrected chi connectivity index (χ4v) is 4.14. The van der Waals surface area contributed by atoms with Crippen molar-refractivity contribution < 1.29 is 4.74 Å². The lowest BCUT2D eigenvalue weighted by atomic mass is 10.1. The molecule has 1 aliphatic rings. The summed E-state index contributed by atoms with van der Waals surface area (Å²) in [4.78, 5) is 17.6. The first kappa shape index (κ1) is 14.6. The van der Waals surface area contributed by atoms with Crippen LogP contribution < -0.4 is 10.3 Å². The van der Waals surface area contributed by atoms with Gasteiger partial charge in [-0.2, -0.15) is 9.61 Å². The van der Waals surface area contributed by atoms with Crippen LogP contribution in [0.25, 0.3) is 15.9 Å². The van der Waals surface area contributed by atoms with Crippen molar-refractivity contribution in [1.29, 1.82) is 0 Å². The molecule has 0 saturated heterocycles. The van der Waals surface area contributed by atoms with Crippen molar-refractivity contribution in [2.45, 2.75) is 25.9 Å². The van der Waals surface area contributed by atoms with Gasteiger partial charge in [-0.3, -0.25) is 4.79 Å². The predicted molar refractivity (Wildman–Crippen MR) is 97.4 cm³/mol. The Morgan fingerprint density at radius 2 is 2.00 bits per heavy atom. The summed E-state index contributed by atoms with van der Waals surface area (Å²) < 4.78 is 7.26. The third kappa shape index (κ3) is 2.49. The van der Waals surface area contributed by atoms with Crippen LogP contribution in [-0.2, 0) is 19.4 Å². The average Bonchev–Trinajstić information content (AvgIpc) is 3.26. The van der Waals surface area contributed by atoms with Crippen molar-refractivity contribution >= 4 is 27.2 Å². The zero-order valence-electron chi connectivity index (χ0n) is 13.4. The van der Waals surface area contributed by atoms with E-state index in [0.29, 0.717) is 22.5 Å². The van der Waals surface area contributed by atoms with Gasteiger partial charge < -0.3 is 4.74 Å². The highest BCUT2D eigenvalue weighted by molar-refractivity contribution is 7.16. The van der Waals surface area contributed by atoms with Crippen LogP contribution in [-0.4, -0.2) is 14.6 Å². The van der Waals surface area contributed by atoms with Crippen molar-refractivity contribution in [3.8, 4) is 5.75 Å². The van der Waals surface area contributed by atoms with Gasteiger partial charge in [0.2, 0.25) is 4.96 Å². The summed E-state index contributed by atoms with van der Waals surface area (Å²) in [6.45, 7) is 0.336. The van der Waals surface area contributed by atoms with E-state index in [2.05, 4.69) is 22.2 Å². The second kappa shape index (κ2) is 5.67. The third-order valence-electron chi connectivity index (χ3n) is 4.58. The Kier molecular flexibility index (Phi) is 3.31. The van der Waals surface area contributed by atoms with Gasteiger partial charge in [0, 0.05) is 0 Å². The van der Waals surface area contributed by atoms with E-state index in [-0.39, 0.29) is 5.56 Å².